The summed E-state index contributed by atoms with van der Waals surface area (Å²) in [6.45, 7) is 3.66. The fourth-order valence-corrected chi connectivity index (χ4v) is 1.78. The number of aromatic nitrogens is 2. The number of hydrogen-bond donors (Lipinski definition) is 1. The van der Waals surface area contributed by atoms with Crippen LogP contribution >= 0.6 is 0 Å². The molecule has 16 heavy (non-hydrogen) atoms. The van der Waals surface area contributed by atoms with Crippen LogP contribution in [0.3, 0.4) is 0 Å². The summed E-state index contributed by atoms with van der Waals surface area (Å²) in [7, 11) is 0. The molecule has 3 heteroatoms. The zero-order valence-electron chi connectivity index (χ0n) is 9.50. The van der Waals surface area contributed by atoms with Crippen LogP contribution in [0.25, 0.3) is 0 Å². The Morgan fingerprint density at radius 3 is 2.69 bits per heavy atom. The first-order valence-corrected chi connectivity index (χ1v) is 5.56. The summed E-state index contributed by atoms with van der Waals surface area (Å²) in [5.41, 5.74) is 7.98. The van der Waals surface area contributed by atoms with Crippen LogP contribution in [0.1, 0.15) is 24.0 Å². The van der Waals surface area contributed by atoms with E-state index in [9.17, 15) is 0 Å². The van der Waals surface area contributed by atoms with Crippen molar-refractivity contribution in [3.05, 3.63) is 53.9 Å². The van der Waals surface area contributed by atoms with Gasteiger partial charge in [0.1, 0.15) is 0 Å². The van der Waals surface area contributed by atoms with E-state index < -0.39 is 0 Å². The maximum atomic E-state index is 5.55. The third-order valence-electron chi connectivity index (χ3n) is 2.75. The van der Waals surface area contributed by atoms with Gasteiger partial charge in [0.2, 0.25) is 0 Å². The molecule has 1 heterocycles. The third kappa shape index (κ3) is 2.49. The normalized spacial score (nSPS) is 12.6. The lowest BCUT2D eigenvalue weighted by molar-refractivity contribution is 0.543. The van der Waals surface area contributed by atoms with Gasteiger partial charge in [-0.2, -0.15) is 5.10 Å². The molecule has 0 saturated heterocycles. The fraction of sp³-hybridized carbons (Fsp3) is 0.308. The smallest absolute Gasteiger partial charge is 0.0534 e. The van der Waals surface area contributed by atoms with Crippen molar-refractivity contribution in [2.45, 2.75) is 25.9 Å². The minimum Gasteiger partial charge on any atom is -0.326 e. The van der Waals surface area contributed by atoms with Crippen LogP contribution in [-0.4, -0.2) is 9.78 Å². The van der Waals surface area contributed by atoms with E-state index in [2.05, 4.69) is 36.3 Å². The van der Waals surface area contributed by atoms with Crippen LogP contribution in [0, 0.1) is 0 Å². The number of hydrogen-bond acceptors (Lipinski definition) is 2. The predicted molar refractivity (Wildman–Crippen MR) is 65.0 cm³/mol. The molecule has 0 spiro atoms. The Morgan fingerprint density at radius 2 is 2.06 bits per heavy atom. The van der Waals surface area contributed by atoms with Gasteiger partial charge in [-0.3, -0.25) is 4.68 Å². The SMILES string of the molecule is CC(Cn1cc(CN)cn1)c1ccccc1. The van der Waals surface area contributed by atoms with E-state index in [0.29, 0.717) is 12.5 Å². The van der Waals surface area contributed by atoms with E-state index in [-0.39, 0.29) is 0 Å². The number of nitrogens with zero attached hydrogens (tertiary/aromatic N) is 2. The highest BCUT2D eigenvalue weighted by atomic mass is 15.3. The quantitative estimate of drug-likeness (QED) is 0.849. The molecule has 0 aliphatic rings. The lowest BCUT2D eigenvalue weighted by Gasteiger charge is -2.11. The Hall–Kier alpha value is -1.61. The standard InChI is InChI=1S/C13H17N3/c1-11(13-5-3-2-4-6-13)9-16-10-12(7-14)8-15-16/h2-6,8,10-11H,7,9,14H2,1H3. The van der Waals surface area contributed by atoms with E-state index in [1.807, 2.05) is 23.1 Å². The molecule has 0 aliphatic carbocycles. The molecule has 0 bridgehead atoms. The summed E-state index contributed by atoms with van der Waals surface area (Å²) < 4.78 is 1.96. The molecule has 0 saturated carbocycles. The van der Waals surface area contributed by atoms with E-state index in [4.69, 9.17) is 5.73 Å². The summed E-state index contributed by atoms with van der Waals surface area (Å²) in [5.74, 6) is 0.465. The largest absolute Gasteiger partial charge is 0.326 e. The van der Waals surface area contributed by atoms with Crippen molar-refractivity contribution in [3.63, 3.8) is 0 Å². The van der Waals surface area contributed by atoms with Crippen molar-refractivity contribution in [1.29, 1.82) is 0 Å². The van der Waals surface area contributed by atoms with Gasteiger partial charge in [0, 0.05) is 30.8 Å². The summed E-state index contributed by atoms with van der Waals surface area (Å²) in [6, 6.07) is 10.5. The summed E-state index contributed by atoms with van der Waals surface area (Å²) >= 11 is 0. The second-order valence-electron chi connectivity index (χ2n) is 4.09. The van der Waals surface area contributed by atoms with Crippen LogP contribution in [0.4, 0.5) is 0 Å². The molecule has 3 nitrogen and oxygen atoms in total. The van der Waals surface area contributed by atoms with Crippen molar-refractivity contribution in [3.8, 4) is 0 Å². The van der Waals surface area contributed by atoms with Gasteiger partial charge in [-0.05, 0) is 5.56 Å². The average molecular weight is 215 g/mol. The van der Waals surface area contributed by atoms with Crippen LogP contribution in [0.5, 0.6) is 0 Å². The van der Waals surface area contributed by atoms with Crippen LogP contribution in [0.15, 0.2) is 42.7 Å². The molecule has 84 valence electrons. The van der Waals surface area contributed by atoms with Crippen molar-refractivity contribution >= 4 is 0 Å². The topological polar surface area (TPSA) is 43.8 Å². The molecule has 2 N–H and O–H groups in total. The lowest BCUT2D eigenvalue weighted by atomic mass is 10.0. The summed E-state index contributed by atoms with van der Waals surface area (Å²) in [6.07, 6.45) is 3.84. The first-order chi connectivity index (χ1) is 7.79. The predicted octanol–water partition coefficient (Wildman–Crippen LogP) is 2.15. The molecule has 0 aliphatic heterocycles. The molecule has 2 rings (SSSR count). The van der Waals surface area contributed by atoms with E-state index in [0.717, 1.165) is 12.1 Å². The van der Waals surface area contributed by atoms with Gasteiger partial charge in [-0.25, -0.2) is 0 Å². The minimum atomic E-state index is 0.465. The molecule has 1 unspecified atom stereocenters. The van der Waals surface area contributed by atoms with Crippen LogP contribution in [-0.2, 0) is 13.1 Å². The summed E-state index contributed by atoms with van der Waals surface area (Å²) in [5, 5.41) is 4.29. The maximum Gasteiger partial charge on any atom is 0.0534 e. The number of benzene rings is 1. The first kappa shape index (κ1) is 10.9. The number of rotatable bonds is 4. The third-order valence-corrected chi connectivity index (χ3v) is 2.75. The van der Waals surface area contributed by atoms with Crippen LogP contribution < -0.4 is 5.73 Å². The van der Waals surface area contributed by atoms with E-state index in [1.165, 1.54) is 5.56 Å². The van der Waals surface area contributed by atoms with Gasteiger partial charge in [-0.15, -0.1) is 0 Å². The van der Waals surface area contributed by atoms with Gasteiger partial charge in [0.05, 0.1) is 6.20 Å². The average Bonchev–Trinajstić information content (AvgIpc) is 2.78. The van der Waals surface area contributed by atoms with Crippen molar-refractivity contribution in [1.82, 2.24) is 9.78 Å². The molecule has 1 aromatic heterocycles. The Balaban J connectivity index is 2.05. The van der Waals surface area contributed by atoms with Crippen molar-refractivity contribution < 1.29 is 0 Å². The van der Waals surface area contributed by atoms with Crippen LogP contribution in [0.2, 0.25) is 0 Å². The van der Waals surface area contributed by atoms with Crippen molar-refractivity contribution in [2.24, 2.45) is 5.73 Å². The first-order valence-electron chi connectivity index (χ1n) is 5.56. The Bertz CT molecular complexity index is 433. The minimum absolute atomic E-state index is 0.465. The Morgan fingerprint density at radius 1 is 1.31 bits per heavy atom. The zero-order chi connectivity index (χ0) is 11.4. The molecule has 1 aromatic carbocycles. The van der Waals surface area contributed by atoms with E-state index >= 15 is 0 Å². The molecule has 0 amide bonds. The van der Waals surface area contributed by atoms with Crippen molar-refractivity contribution in [2.75, 3.05) is 0 Å². The van der Waals surface area contributed by atoms with Gasteiger partial charge in [0.15, 0.2) is 0 Å². The lowest BCUT2D eigenvalue weighted by Crippen LogP contribution is -2.06. The number of nitrogens with two attached hydrogens (primary N) is 1. The van der Waals surface area contributed by atoms with Gasteiger partial charge in [-0.1, -0.05) is 37.3 Å². The second kappa shape index (κ2) is 4.94. The molecule has 0 fully saturated rings. The molecule has 2 aromatic rings. The molecular formula is C13H17N3. The summed E-state index contributed by atoms with van der Waals surface area (Å²) in [4.78, 5) is 0. The maximum absolute atomic E-state index is 5.55. The fourth-order valence-electron chi connectivity index (χ4n) is 1.78. The molecular weight excluding hydrogens is 198 g/mol. The highest BCUT2D eigenvalue weighted by Gasteiger charge is 2.06. The Kier molecular flexibility index (Phi) is 3.37. The zero-order valence-corrected chi connectivity index (χ0v) is 9.50. The highest BCUT2D eigenvalue weighted by molar-refractivity contribution is 5.18. The van der Waals surface area contributed by atoms with E-state index in [1.54, 1.807) is 0 Å². The monoisotopic (exact) mass is 215 g/mol. The Labute approximate surface area is 95.9 Å². The highest BCUT2D eigenvalue weighted by Crippen LogP contribution is 2.16. The molecule has 1 atom stereocenters. The second-order valence-corrected chi connectivity index (χ2v) is 4.09. The van der Waals surface area contributed by atoms with Gasteiger partial charge < -0.3 is 5.73 Å². The van der Waals surface area contributed by atoms with Gasteiger partial charge in [0.25, 0.3) is 0 Å². The van der Waals surface area contributed by atoms with Gasteiger partial charge >= 0.3 is 0 Å². The molecule has 0 radical (unpaired) electrons.